The molecule has 112 valence electrons. The lowest BCUT2D eigenvalue weighted by Gasteiger charge is -2.39. The lowest BCUT2D eigenvalue weighted by molar-refractivity contribution is 0.107. The second-order valence-electron chi connectivity index (χ2n) is 5.63. The van der Waals surface area contributed by atoms with Crippen LogP contribution < -0.4 is 10.5 Å². The molecule has 0 aromatic heterocycles. The third-order valence-corrected chi connectivity index (χ3v) is 4.69. The predicted molar refractivity (Wildman–Crippen MR) is 84.3 cm³/mol. The van der Waals surface area contributed by atoms with E-state index in [1.807, 2.05) is 12.1 Å². The molecular weight excluding hydrogens is 272 g/mol. The van der Waals surface area contributed by atoms with Crippen molar-refractivity contribution < 1.29 is 4.74 Å². The van der Waals surface area contributed by atoms with Crippen molar-refractivity contribution in [1.82, 2.24) is 4.90 Å². The van der Waals surface area contributed by atoms with Crippen molar-refractivity contribution in [2.75, 3.05) is 20.2 Å². The first-order valence-corrected chi connectivity index (χ1v) is 7.82. The molecule has 0 aliphatic carbocycles. The van der Waals surface area contributed by atoms with Gasteiger partial charge in [0.2, 0.25) is 0 Å². The number of piperidine rings is 1. The zero-order chi connectivity index (χ0) is 14.5. The maximum Gasteiger partial charge on any atom is 0.137 e. The van der Waals surface area contributed by atoms with Gasteiger partial charge in [-0.1, -0.05) is 31.0 Å². The summed E-state index contributed by atoms with van der Waals surface area (Å²) in [6, 6.07) is 6.52. The van der Waals surface area contributed by atoms with Crippen molar-refractivity contribution in [2.45, 2.75) is 38.8 Å². The summed E-state index contributed by atoms with van der Waals surface area (Å²) in [6.07, 6.45) is 3.76. The zero-order valence-corrected chi connectivity index (χ0v) is 13.2. The number of ether oxygens (including phenoxy) is 1. The van der Waals surface area contributed by atoms with E-state index < -0.39 is 0 Å². The second kappa shape index (κ2) is 7.30. The van der Waals surface area contributed by atoms with E-state index >= 15 is 0 Å². The quantitative estimate of drug-likeness (QED) is 0.906. The smallest absolute Gasteiger partial charge is 0.137 e. The molecular formula is C16H25ClN2O. The second-order valence-corrected chi connectivity index (χ2v) is 6.03. The summed E-state index contributed by atoms with van der Waals surface area (Å²) >= 11 is 6.19. The average Bonchev–Trinajstić information content (AvgIpc) is 2.48. The van der Waals surface area contributed by atoms with E-state index in [-0.39, 0.29) is 0 Å². The van der Waals surface area contributed by atoms with E-state index in [1.54, 1.807) is 7.11 Å². The van der Waals surface area contributed by atoms with Gasteiger partial charge in [0.05, 0.1) is 12.1 Å². The monoisotopic (exact) mass is 296 g/mol. The molecule has 1 heterocycles. The largest absolute Gasteiger partial charge is 0.495 e. The van der Waals surface area contributed by atoms with Gasteiger partial charge in [0.1, 0.15) is 5.75 Å². The number of hydrogen-bond donors (Lipinski definition) is 1. The third-order valence-electron chi connectivity index (χ3n) is 4.40. The molecule has 2 unspecified atom stereocenters. The maximum absolute atomic E-state index is 6.19. The topological polar surface area (TPSA) is 38.5 Å². The predicted octanol–water partition coefficient (Wildman–Crippen LogP) is 3.30. The minimum absolute atomic E-state index is 0.495. The lowest BCUT2D eigenvalue weighted by Crippen LogP contribution is -2.46. The Labute approximate surface area is 127 Å². The van der Waals surface area contributed by atoms with Crippen LogP contribution in [0.4, 0.5) is 0 Å². The van der Waals surface area contributed by atoms with Gasteiger partial charge in [0.25, 0.3) is 0 Å². The van der Waals surface area contributed by atoms with Gasteiger partial charge in [0, 0.05) is 19.1 Å². The van der Waals surface area contributed by atoms with Crippen molar-refractivity contribution in [3.8, 4) is 5.75 Å². The molecule has 1 aliphatic heterocycles. The summed E-state index contributed by atoms with van der Waals surface area (Å²) in [5.41, 5.74) is 7.18. The summed E-state index contributed by atoms with van der Waals surface area (Å²) in [5, 5.41) is 0.678. The van der Waals surface area contributed by atoms with Crippen LogP contribution >= 0.6 is 11.6 Å². The van der Waals surface area contributed by atoms with Crippen LogP contribution in [0.1, 0.15) is 31.7 Å². The standard InChI is InChI=1S/C16H25ClN2O/c1-3-12-6-7-19(14(8-12)10-18)11-13-4-5-16(20-2)15(17)9-13/h4-5,9,12,14H,3,6-8,10-11,18H2,1-2H3. The van der Waals surface area contributed by atoms with Crippen molar-refractivity contribution in [1.29, 1.82) is 0 Å². The number of hydrogen-bond acceptors (Lipinski definition) is 3. The minimum Gasteiger partial charge on any atom is -0.495 e. The van der Waals surface area contributed by atoms with Crippen LogP contribution in [0.2, 0.25) is 5.02 Å². The molecule has 3 nitrogen and oxygen atoms in total. The first-order chi connectivity index (χ1) is 9.67. The Bertz CT molecular complexity index is 438. The maximum atomic E-state index is 6.19. The SMILES string of the molecule is CCC1CCN(Cc2ccc(OC)c(Cl)c2)C(CN)C1. The Morgan fingerprint density at radius 3 is 2.85 bits per heavy atom. The molecule has 0 spiro atoms. The van der Waals surface area contributed by atoms with Crippen molar-refractivity contribution in [3.05, 3.63) is 28.8 Å². The highest BCUT2D eigenvalue weighted by molar-refractivity contribution is 6.32. The summed E-state index contributed by atoms with van der Waals surface area (Å²) in [5.74, 6) is 1.56. The third kappa shape index (κ3) is 3.66. The van der Waals surface area contributed by atoms with Gasteiger partial charge in [-0.2, -0.15) is 0 Å². The van der Waals surface area contributed by atoms with E-state index in [1.165, 1.54) is 24.8 Å². The summed E-state index contributed by atoms with van der Waals surface area (Å²) < 4.78 is 5.20. The van der Waals surface area contributed by atoms with Crippen LogP contribution in [-0.4, -0.2) is 31.1 Å². The minimum atomic E-state index is 0.495. The Morgan fingerprint density at radius 1 is 1.45 bits per heavy atom. The first-order valence-electron chi connectivity index (χ1n) is 7.44. The number of likely N-dealkylation sites (tertiary alicyclic amines) is 1. The number of benzene rings is 1. The van der Waals surface area contributed by atoms with Crippen LogP contribution in [0.15, 0.2) is 18.2 Å². The molecule has 1 aromatic carbocycles. The molecule has 20 heavy (non-hydrogen) atoms. The fraction of sp³-hybridized carbons (Fsp3) is 0.625. The van der Waals surface area contributed by atoms with Gasteiger partial charge >= 0.3 is 0 Å². The Kier molecular flexibility index (Phi) is 5.70. The van der Waals surface area contributed by atoms with Gasteiger partial charge in [-0.3, -0.25) is 4.90 Å². The first kappa shape index (κ1) is 15.6. The van der Waals surface area contributed by atoms with Crippen LogP contribution in [0.3, 0.4) is 0 Å². The molecule has 1 aromatic rings. The molecule has 1 fully saturated rings. The van der Waals surface area contributed by atoms with Crippen LogP contribution in [0.5, 0.6) is 5.75 Å². The van der Waals surface area contributed by atoms with E-state index in [0.29, 0.717) is 11.1 Å². The molecule has 2 N–H and O–H groups in total. The summed E-state index contributed by atoms with van der Waals surface area (Å²) in [6.45, 7) is 5.06. The number of nitrogens with zero attached hydrogens (tertiary/aromatic N) is 1. The number of rotatable bonds is 5. The van der Waals surface area contributed by atoms with Crippen molar-refractivity contribution in [3.63, 3.8) is 0 Å². The molecule has 2 rings (SSSR count). The highest BCUT2D eigenvalue weighted by Crippen LogP contribution is 2.29. The average molecular weight is 297 g/mol. The zero-order valence-electron chi connectivity index (χ0n) is 12.4. The Hall–Kier alpha value is -0.770. The molecule has 0 radical (unpaired) electrons. The number of nitrogens with two attached hydrogens (primary N) is 1. The Morgan fingerprint density at radius 2 is 2.25 bits per heavy atom. The highest BCUT2D eigenvalue weighted by Gasteiger charge is 2.26. The normalized spacial score (nSPS) is 23.8. The molecule has 1 aliphatic rings. The Balaban J connectivity index is 2.03. The van der Waals surface area contributed by atoms with Crippen LogP contribution in [-0.2, 0) is 6.54 Å². The molecule has 0 saturated carbocycles. The summed E-state index contributed by atoms with van der Waals surface area (Å²) in [7, 11) is 1.64. The fourth-order valence-electron chi connectivity index (χ4n) is 3.05. The number of methoxy groups -OCH3 is 1. The molecule has 0 bridgehead atoms. The van der Waals surface area contributed by atoms with E-state index in [2.05, 4.69) is 17.9 Å². The summed E-state index contributed by atoms with van der Waals surface area (Å²) in [4.78, 5) is 2.49. The van der Waals surface area contributed by atoms with Gasteiger partial charge in [-0.25, -0.2) is 0 Å². The van der Waals surface area contributed by atoms with Gasteiger partial charge in [-0.05, 0) is 43.0 Å². The van der Waals surface area contributed by atoms with E-state index in [9.17, 15) is 0 Å². The van der Waals surface area contributed by atoms with E-state index in [0.717, 1.165) is 31.3 Å². The molecule has 0 amide bonds. The van der Waals surface area contributed by atoms with Gasteiger partial charge < -0.3 is 10.5 Å². The lowest BCUT2D eigenvalue weighted by atomic mass is 9.88. The fourth-order valence-corrected chi connectivity index (χ4v) is 3.33. The molecule has 4 heteroatoms. The van der Waals surface area contributed by atoms with Crippen molar-refractivity contribution in [2.24, 2.45) is 11.7 Å². The van der Waals surface area contributed by atoms with Crippen LogP contribution in [0.25, 0.3) is 0 Å². The molecule has 1 saturated heterocycles. The van der Waals surface area contributed by atoms with Gasteiger partial charge in [-0.15, -0.1) is 0 Å². The highest BCUT2D eigenvalue weighted by atomic mass is 35.5. The molecule has 2 atom stereocenters. The number of halogens is 1. The van der Waals surface area contributed by atoms with Gasteiger partial charge in [0.15, 0.2) is 0 Å². The van der Waals surface area contributed by atoms with E-state index in [4.69, 9.17) is 22.1 Å². The van der Waals surface area contributed by atoms with Crippen LogP contribution in [0, 0.1) is 5.92 Å². The van der Waals surface area contributed by atoms with Crippen molar-refractivity contribution >= 4 is 11.6 Å².